The molecule has 4 heteroatoms. The third-order valence-corrected chi connectivity index (χ3v) is 2.98. The van der Waals surface area contributed by atoms with Gasteiger partial charge in [0.2, 0.25) is 0 Å². The molecule has 2 rings (SSSR count). The molecule has 1 aromatic rings. The van der Waals surface area contributed by atoms with E-state index in [9.17, 15) is 4.79 Å². The van der Waals surface area contributed by atoms with Gasteiger partial charge in [-0.25, -0.2) is 4.79 Å². The van der Waals surface area contributed by atoms with E-state index in [1.807, 2.05) is 24.3 Å². The summed E-state index contributed by atoms with van der Waals surface area (Å²) in [6.07, 6.45) is 0. The third kappa shape index (κ3) is 1.75. The van der Waals surface area contributed by atoms with Gasteiger partial charge < -0.3 is 10.4 Å². The van der Waals surface area contributed by atoms with Gasteiger partial charge in [-0.2, -0.15) is 0 Å². The summed E-state index contributed by atoms with van der Waals surface area (Å²) in [5, 5.41) is 13.3. The van der Waals surface area contributed by atoms with Crippen molar-refractivity contribution in [2.45, 2.75) is 11.4 Å². The maximum atomic E-state index is 10.7. The standard InChI is InChI=1S/C10H9NO2S/c12-10(13)8-6-14-9-4-2-1-3-7(9)5-11-8/h1-4,6,11H,5H2,(H,12,13). The lowest BCUT2D eigenvalue weighted by molar-refractivity contribution is -0.133. The Bertz CT molecular complexity index is 401. The first-order chi connectivity index (χ1) is 6.77. The van der Waals surface area contributed by atoms with Crippen LogP contribution >= 0.6 is 11.8 Å². The Morgan fingerprint density at radius 1 is 1.43 bits per heavy atom. The molecule has 1 aromatic carbocycles. The highest BCUT2D eigenvalue weighted by Gasteiger charge is 2.12. The van der Waals surface area contributed by atoms with E-state index in [1.165, 1.54) is 11.8 Å². The summed E-state index contributed by atoms with van der Waals surface area (Å²) in [5.74, 6) is -0.912. The Hall–Kier alpha value is -1.42. The lowest BCUT2D eigenvalue weighted by Gasteiger charge is -2.04. The fourth-order valence-corrected chi connectivity index (χ4v) is 2.12. The van der Waals surface area contributed by atoms with Crippen molar-refractivity contribution in [1.82, 2.24) is 5.32 Å². The van der Waals surface area contributed by atoms with E-state index in [4.69, 9.17) is 5.11 Å². The van der Waals surface area contributed by atoms with Crippen LogP contribution in [0, 0.1) is 0 Å². The van der Waals surface area contributed by atoms with Gasteiger partial charge in [0.15, 0.2) is 0 Å². The summed E-state index contributed by atoms with van der Waals surface area (Å²) in [4.78, 5) is 11.8. The molecule has 0 aliphatic carbocycles. The van der Waals surface area contributed by atoms with E-state index in [0.717, 1.165) is 10.5 Å². The molecule has 0 atom stereocenters. The zero-order valence-electron chi connectivity index (χ0n) is 7.36. The summed E-state index contributed by atoms with van der Waals surface area (Å²) < 4.78 is 0. The smallest absolute Gasteiger partial charge is 0.352 e. The molecule has 0 saturated heterocycles. The predicted octanol–water partition coefficient (Wildman–Crippen LogP) is 1.81. The van der Waals surface area contributed by atoms with Gasteiger partial charge in [-0.15, -0.1) is 0 Å². The van der Waals surface area contributed by atoms with Crippen molar-refractivity contribution < 1.29 is 9.90 Å². The molecule has 1 aliphatic rings. The van der Waals surface area contributed by atoms with Crippen LogP contribution in [0.1, 0.15) is 5.56 Å². The molecule has 0 aromatic heterocycles. The van der Waals surface area contributed by atoms with Gasteiger partial charge in [-0.1, -0.05) is 30.0 Å². The SMILES string of the molecule is O=C(O)C1=CSc2ccccc2CN1. The number of thioether (sulfide) groups is 1. The van der Waals surface area contributed by atoms with E-state index in [2.05, 4.69) is 5.32 Å². The van der Waals surface area contributed by atoms with Gasteiger partial charge >= 0.3 is 5.97 Å². The Labute approximate surface area is 85.8 Å². The molecular weight excluding hydrogens is 198 g/mol. The van der Waals surface area contributed by atoms with Crippen LogP contribution in [0.3, 0.4) is 0 Å². The average molecular weight is 207 g/mol. The van der Waals surface area contributed by atoms with Crippen molar-refractivity contribution in [3.63, 3.8) is 0 Å². The maximum absolute atomic E-state index is 10.7. The van der Waals surface area contributed by atoms with Gasteiger partial charge in [0, 0.05) is 16.8 Å². The second-order valence-corrected chi connectivity index (χ2v) is 3.83. The van der Waals surface area contributed by atoms with E-state index in [1.54, 1.807) is 5.41 Å². The Balaban J connectivity index is 2.28. The molecule has 3 nitrogen and oxygen atoms in total. The molecule has 1 aliphatic heterocycles. The topological polar surface area (TPSA) is 49.3 Å². The minimum Gasteiger partial charge on any atom is -0.477 e. The van der Waals surface area contributed by atoms with Crippen LogP contribution in [0.25, 0.3) is 0 Å². The number of hydrogen-bond acceptors (Lipinski definition) is 3. The van der Waals surface area contributed by atoms with Crippen LogP contribution < -0.4 is 5.32 Å². The first kappa shape index (κ1) is 9.15. The summed E-state index contributed by atoms with van der Waals surface area (Å²) in [5.41, 5.74) is 1.39. The quantitative estimate of drug-likeness (QED) is 0.737. The van der Waals surface area contributed by atoms with Gasteiger partial charge in [0.1, 0.15) is 5.70 Å². The van der Waals surface area contributed by atoms with Gasteiger partial charge in [-0.3, -0.25) is 0 Å². The lowest BCUT2D eigenvalue weighted by Crippen LogP contribution is -2.18. The molecule has 2 N–H and O–H groups in total. The highest BCUT2D eigenvalue weighted by molar-refractivity contribution is 8.02. The molecule has 0 amide bonds. The minimum atomic E-state index is -0.912. The zero-order valence-corrected chi connectivity index (χ0v) is 8.17. The van der Waals surface area contributed by atoms with Crippen molar-refractivity contribution in [2.24, 2.45) is 0 Å². The number of nitrogens with one attached hydrogen (secondary N) is 1. The Kier molecular flexibility index (Phi) is 2.45. The van der Waals surface area contributed by atoms with Crippen LogP contribution in [0.5, 0.6) is 0 Å². The Morgan fingerprint density at radius 3 is 3.00 bits per heavy atom. The first-order valence-electron chi connectivity index (χ1n) is 4.19. The van der Waals surface area contributed by atoms with Crippen molar-refractivity contribution in [2.75, 3.05) is 0 Å². The summed E-state index contributed by atoms with van der Waals surface area (Å²) in [7, 11) is 0. The summed E-state index contributed by atoms with van der Waals surface area (Å²) in [6.45, 7) is 0.571. The molecule has 0 bridgehead atoms. The van der Waals surface area contributed by atoms with Crippen molar-refractivity contribution in [1.29, 1.82) is 0 Å². The van der Waals surface area contributed by atoms with Crippen molar-refractivity contribution in [3.05, 3.63) is 40.9 Å². The molecule has 1 heterocycles. The molecular formula is C10H9NO2S. The number of hydrogen-bond donors (Lipinski definition) is 2. The number of rotatable bonds is 1. The minimum absolute atomic E-state index is 0.256. The average Bonchev–Trinajstić information content (AvgIpc) is 2.39. The number of aliphatic carboxylic acids is 1. The van der Waals surface area contributed by atoms with E-state index in [-0.39, 0.29) is 5.70 Å². The predicted molar refractivity (Wildman–Crippen MR) is 54.9 cm³/mol. The Morgan fingerprint density at radius 2 is 2.21 bits per heavy atom. The second kappa shape index (κ2) is 3.75. The largest absolute Gasteiger partial charge is 0.477 e. The third-order valence-electron chi connectivity index (χ3n) is 1.98. The monoisotopic (exact) mass is 207 g/mol. The van der Waals surface area contributed by atoms with E-state index >= 15 is 0 Å². The van der Waals surface area contributed by atoms with E-state index in [0.29, 0.717) is 6.54 Å². The zero-order chi connectivity index (χ0) is 9.97. The maximum Gasteiger partial charge on any atom is 0.352 e. The molecule has 14 heavy (non-hydrogen) atoms. The number of fused-ring (bicyclic) bond motifs is 1. The lowest BCUT2D eigenvalue weighted by atomic mass is 10.2. The highest BCUT2D eigenvalue weighted by atomic mass is 32.2. The molecule has 0 saturated carbocycles. The molecule has 0 unspecified atom stereocenters. The van der Waals surface area contributed by atoms with Gasteiger partial charge in [-0.05, 0) is 11.6 Å². The summed E-state index contributed by atoms with van der Waals surface area (Å²) >= 11 is 1.44. The van der Waals surface area contributed by atoms with Crippen molar-refractivity contribution in [3.8, 4) is 0 Å². The first-order valence-corrected chi connectivity index (χ1v) is 5.07. The van der Waals surface area contributed by atoms with Crippen LogP contribution in [-0.4, -0.2) is 11.1 Å². The highest BCUT2D eigenvalue weighted by Crippen LogP contribution is 2.26. The number of carbonyl (C=O) groups is 1. The van der Waals surface area contributed by atoms with Crippen LogP contribution in [0.4, 0.5) is 0 Å². The number of benzene rings is 1. The molecule has 0 fully saturated rings. The van der Waals surface area contributed by atoms with Gasteiger partial charge in [0.05, 0.1) is 0 Å². The van der Waals surface area contributed by atoms with Crippen LogP contribution in [0.15, 0.2) is 40.3 Å². The number of carboxylic acids is 1. The molecule has 0 radical (unpaired) electrons. The second-order valence-electron chi connectivity index (χ2n) is 2.92. The summed E-state index contributed by atoms with van der Waals surface area (Å²) in [6, 6.07) is 7.88. The normalized spacial score (nSPS) is 14.7. The number of carboxylic acid groups (broad SMARTS) is 1. The van der Waals surface area contributed by atoms with Crippen LogP contribution in [0.2, 0.25) is 0 Å². The van der Waals surface area contributed by atoms with Crippen LogP contribution in [-0.2, 0) is 11.3 Å². The fourth-order valence-electron chi connectivity index (χ4n) is 1.25. The van der Waals surface area contributed by atoms with Gasteiger partial charge in [0.25, 0.3) is 0 Å². The van der Waals surface area contributed by atoms with Crippen molar-refractivity contribution >= 4 is 17.7 Å². The molecule has 0 spiro atoms. The molecule has 72 valence electrons. The fraction of sp³-hybridized carbons (Fsp3) is 0.100. The van der Waals surface area contributed by atoms with E-state index < -0.39 is 5.97 Å².